The molecule has 0 amide bonds. The molecule has 0 saturated carbocycles. The van der Waals surface area contributed by atoms with E-state index in [1.54, 1.807) is 13.2 Å². The lowest BCUT2D eigenvalue weighted by molar-refractivity contribution is 0.407. The van der Waals surface area contributed by atoms with Crippen LogP contribution in [0.2, 0.25) is 0 Å². The van der Waals surface area contributed by atoms with E-state index in [1.807, 2.05) is 18.2 Å². The summed E-state index contributed by atoms with van der Waals surface area (Å²) in [5, 5.41) is 3.27. The van der Waals surface area contributed by atoms with Crippen molar-refractivity contribution >= 4 is 10.0 Å². The van der Waals surface area contributed by atoms with Gasteiger partial charge in [0.05, 0.1) is 18.0 Å². The summed E-state index contributed by atoms with van der Waals surface area (Å²) < 4.78 is 25.9. The maximum Gasteiger partial charge on any atom is 0.215 e. The fourth-order valence-electron chi connectivity index (χ4n) is 2.27. The lowest BCUT2D eigenvalue weighted by Gasteiger charge is -2.25. The number of rotatable bonds is 5. The number of nitrogens with one attached hydrogen (secondary N) is 1. The molecule has 19 heavy (non-hydrogen) atoms. The molecule has 0 aliphatic carbocycles. The molecule has 1 aromatic rings. The van der Waals surface area contributed by atoms with Gasteiger partial charge in [-0.1, -0.05) is 12.5 Å². The molecule has 1 N–H and O–H groups in total. The Balaban J connectivity index is 1.94. The summed E-state index contributed by atoms with van der Waals surface area (Å²) in [5.41, 5.74) is 0.769. The van der Waals surface area contributed by atoms with E-state index in [-0.39, 0.29) is 11.8 Å². The molecule has 1 unspecified atom stereocenters. The monoisotopic (exact) mass is 283 g/mol. The molecule has 6 heteroatoms. The van der Waals surface area contributed by atoms with Crippen LogP contribution < -0.4 is 5.32 Å². The molecule has 2 heterocycles. The standard InChI is InChI=1S/C13H21N3O2S/c1-16(10-12-6-2-4-8-14-12)19(17,18)11-13-7-3-5-9-15-13/h2,4,6,8,13,15H,3,5,7,9-11H2,1H3. The predicted molar refractivity (Wildman–Crippen MR) is 75.1 cm³/mol. The fourth-order valence-corrected chi connectivity index (χ4v) is 3.64. The van der Waals surface area contributed by atoms with Gasteiger partial charge in [0.2, 0.25) is 10.0 Å². The second-order valence-electron chi connectivity index (χ2n) is 5.00. The maximum atomic E-state index is 12.3. The first-order valence-electron chi connectivity index (χ1n) is 6.65. The highest BCUT2D eigenvalue weighted by Crippen LogP contribution is 2.12. The minimum atomic E-state index is -3.23. The Morgan fingerprint density at radius 3 is 2.89 bits per heavy atom. The molecule has 5 nitrogen and oxygen atoms in total. The summed E-state index contributed by atoms with van der Waals surface area (Å²) >= 11 is 0. The van der Waals surface area contributed by atoms with Crippen LogP contribution >= 0.6 is 0 Å². The number of nitrogens with zero attached hydrogens (tertiary/aromatic N) is 2. The highest BCUT2D eigenvalue weighted by Gasteiger charge is 2.24. The van der Waals surface area contributed by atoms with Crippen LogP contribution in [0.1, 0.15) is 25.0 Å². The van der Waals surface area contributed by atoms with Gasteiger partial charge < -0.3 is 5.32 Å². The first kappa shape index (κ1) is 14.4. The topological polar surface area (TPSA) is 62.3 Å². The fraction of sp³-hybridized carbons (Fsp3) is 0.615. The molecule has 0 spiro atoms. The van der Waals surface area contributed by atoms with Crippen molar-refractivity contribution in [2.24, 2.45) is 0 Å². The summed E-state index contributed by atoms with van der Waals surface area (Å²) in [6.07, 6.45) is 4.87. The minimum absolute atomic E-state index is 0.0879. The van der Waals surface area contributed by atoms with Crippen molar-refractivity contribution in [2.45, 2.75) is 31.8 Å². The average molecular weight is 283 g/mol. The summed E-state index contributed by atoms with van der Waals surface area (Å²) in [6.45, 7) is 1.25. The molecule has 1 aromatic heterocycles. The lowest BCUT2D eigenvalue weighted by atomic mass is 10.1. The average Bonchev–Trinajstić information content (AvgIpc) is 2.40. The zero-order valence-electron chi connectivity index (χ0n) is 11.2. The zero-order chi connectivity index (χ0) is 13.7. The van der Waals surface area contributed by atoms with Crippen molar-refractivity contribution in [3.8, 4) is 0 Å². The Morgan fingerprint density at radius 2 is 2.26 bits per heavy atom. The Bertz CT molecular complexity index is 484. The highest BCUT2D eigenvalue weighted by atomic mass is 32.2. The van der Waals surface area contributed by atoms with E-state index < -0.39 is 10.0 Å². The van der Waals surface area contributed by atoms with Crippen LogP contribution in [0.3, 0.4) is 0 Å². The molecular weight excluding hydrogens is 262 g/mol. The number of piperidine rings is 1. The molecule has 1 aliphatic heterocycles. The molecule has 0 aromatic carbocycles. The summed E-state index contributed by atoms with van der Waals surface area (Å²) in [6, 6.07) is 5.62. The predicted octanol–water partition coefficient (Wildman–Crippen LogP) is 0.985. The van der Waals surface area contributed by atoms with Crippen LogP contribution in [0.25, 0.3) is 0 Å². The number of hydrogen-bond donors (Lipinski definition) is 1. The van der Waals surface area contributed by atoms with Gasteiger partial charge in [-0.05, 0) is 31.5 Å². The first-order chi connectivity index (χ1) is 9.08. The van der Waals surface area contributed by atoms with E-state index in [1.165, 1.54) is 4.31 Å². The smallest absolute Gasteiger partial charge is 0.215 e. The number of hydrogen-bond acceptors (Lipinski definition) is 4. The number of pyridine rings is 1. The molecule has 0 radical (unpaired) electrons. The Morgan fingerprint density at radius 1 is 1.42 bits per heavy atom. The third kappa shape index (κ3) is 4.26. The lowest BCUT2D eigenvalue weighted by Crippen LogP contribution is -2.43. The van der Waals surface area contributed by atoms with Crippen LogP contribution in [0.4, 0.5) is 0 Å². The third-order valence-corrected chi connectivity index (χ3v) is 5.31. The van der Waals surface area contributed by atoms with Gasteiger partial charge in [0, 0.05) is 19.3 Å². The molecule has 0 bridgehead atoms. The van der Waals surface area contributed by atoms with Crippen LogP contribution in [-0.4, -0.2) is 43.1 Å². The van der Waals surface area contributed by atoms with Gasteiger partial charge in [-0.15, -0.1) is 0 Å². The van der Waals surface area contributed by atoms with Crippen molar-refractivity contribution in [3.05, 3.63) is 30.1 Å². The van der Waals surface area contributed by atoms with E-state index in [4.69, 9.17) is 0 Å². The van der Waals surface area contributed by atoms with E-state index in [9.17, 15) is 8.42 Å². The summed E-state index contributed by atoms with van der Waals surface area (Å²) in [4.78, 5) is 4.16. The molecule has 1 aliphatic rings. The number of aromatic nitrogens is 1. The largest absolute Gasteiger partial charge is 0.313 e. The van der Waals surface area contributed by atoms with E-state index in [2.05, 4.69) is 10.3 Å². The van der Waals surface area contributed by atoms with E-state index in [0.717, 1.165) is 31.5 Å². The van der Waals surface area contributed by atoms with Crippen LogP contribution in [0.15, 0.2) is 24.4 Å². The van der Waals surface area contributed by atoms with Gasteiger partial charge >= 0.3 is 0 Å². The second kappa shape index (κ2) is 6.45. The second-order valence-corrected chi connectivity index (χ2v) is 7.12. The Kier molecular flexibility index (Phi) is 4.90. The van der Waals surface area contributed by atoms with Gasteiger partial charge in [-0.25, -0.2) is 8.42 Å². The highest BCUT2D eigenvalue weighted by molar-refractivity contribution is 7.89. The van der Waals surface area contributed by atoms with Gasteiger partial charge in [-0.3, -0.25) is 4.98 Å². The Hall–Kier alpha value is -0.980. The summed E-state index contributed by atoms with van der Waals surface area (Å²) in [7, 11) is -1.61. The van der Waals surface area contributed by atoms with Crippen molar-refractivity contribution < 1.29 is 8.42 Å². The molecule has 106 valence electrons. The normalized spacial score (nSPS) is 20.6. The van der Waals surface area contributed by atoms with Gasteiger partial charge in [0.25, 0.3) is 0 Å². The first-order valence-corrected chi connectivity index (χ1v) is 8.26. The zero-order valence-corrected chi connectivity index (χ0v) is 12.1. The quantitative estimate of drug-likeness (QED) is 0.875. The van der Waals surface area contributed by atoms with Gasteiger partial charge in [-0.2, -0.15) is 4.31 Å². The van der Waals surface area contributed by atoms with E-state index >= 15 is 0 Å². The minimum Gasteiger partial charge on any atom is -0.313 e. The molecule has 1 saturated heterocycles. The summed E-state index contributed by atoms with van der Waals surface area (Å²) in [5.74, 6) is 0.177. The molecule has 1 atom stereocenters. The maximum absolute atomic E-state index is 12.3. The van der Waals surface area contributed by atoms with Gasteiger partial charge in [0.15, 0.2) is 0 Å². The number of sulfonamides is 1. The Labute approximate surface area is 115 Å². The van der Waals surface area contributed by atoms with Crippen molar-refractivity contribution in [3.63, 3.8) is 0 Å². The van der Waals surface area contributed by atoms with Gasteiger partial charge in [0.1, 0.15) is 0 Å². The molecular formula is C13H21N3O2S. The molecule has 1 fully saturated rings. The molecule has 2 rings (SSSR count). The van der Waals surface area contributed by atoms with Crippen LogP contribution in [0.5, 0.6) is 0 Å². The van der Waals surface area contributed by atoms with E-state index in [0.29, 0.717) is 6.54 Å². The van der Waals surface area contributed by atoms with Crippen LogP contribution in [-0.2, 0) is 16.6 Å². The van der Waals surface area contributed by atoms with Crippen molar-refractivity contribution in [1.82, 2.24) is 14.6 Å². The van der Waals surface area contributed by atoms with Crippen molar-refractivity contribution in [1.29, 1.82) is 0 Å². The van der Waals surface area contributed by atoms with Crippen LogP contribution in [0, 0.1) is 0 Å². The third-order valence-electron chi connectivity index (χ3n) is 3.41. The SMILES string of the molecule is CN(Cc1ccccn1)S(=O)(=O)CC1CCCCN1. The van der Waals surface area contributed by atoms with Crippen molar-refractivity contribution in [2.75, 3.05) is 19.3 Å².